The third-order valence-corrected chi connectivity index (χ3v) is 4.10. The number of rotatable bonds is 7. The van der Waals surface area contributed by atoms with Gasteiger partial charge >= 0.3 is 0 Å². The van der Waals surface area contributed by atoms with Gasteiger partial charge in [-0.2, -0.15) is 10.1 Å². The van der Waals surface area contributed by atoms with Crippen LogP contribution in [0.4, 0.5) is 17.5 Å². The average molecular weight is 381 g/mol. The Morgan fingerprint density at radius 3 is 2.71 bits per heavy atom. The molecule has 3 aromatic rings. The van der Waals surface area contributed by atoms with Gasteiger partial charge < -0.3 is 29.6 Å². The number of anilines is 3. The highest BCUT2D eigenvalue weighted by Crippen LogP contribution is 2.35. The zero-order valence-corrected chi connectivity index (χ0v) is 15.4. The lowest BCUT2D eigenvalue weighted by Gasteiger charge is -2.11. The number of ether oxygens (including phenoxy) is 4. The molecule has 0 saturated heterocycles. The van der Waals surface area contributed by atoms with E-state index >= 15 is 0 Å². The second-order valence-electron chi connectivity index (χ2n) is 5.90. The molecule has 0 saturated carbocycles. The molecule has 0 aliphatic carbocycles. The zero-order chi connectivity index (χ0) is 19.3. The molecule has 0 unspecified atom stereocenters. The number of nitrogens with zero attached hydrogens (tertiary/aromatic N) is 3. The molecule has 0 fully saturated rings. The van der Waals surface area contributed by atoms with Crippen LogP contribution in [0.15, 0.2) is 42.6 Å². The Kier molecular flexibility index (Phi) is 4.96. The number of methoxy groups -OCH3 is 2. The highest BCUT2D eigenvalue weighted by atomic mass is 16.7. The highest BCUT2D eigenvalue weighted by molar-refractivity contribution is 5.61. The normalized spacial score (nSPS) is 11.8. The highest BCUT2D eigenvalue weighted by Gasteiger charge is 2.13. The van der Waals surface area contributed by atoms with E-state index in [1.807, 2.05) is 36.4 Å². The van der Waals surface area contributed by atoms with Gasteiger partial charge in [0.25, 0.3) is 0 Å². The molecular weight excluding hydrogens is 362 g/mol. The number of hydrogen-bond donors (Lipinski definition) is 2. The summed E-state index contributed by atoms with van der Waals surface area (Å²) in [4.78, 5) is 4.43. The maximum absolute atomic E-state index is 5.38. The number of aromatic nitrogens is 3. The molecule has 4 rings (SSSR count). The Labute approximate surface area is 161 Å². The van der Waals surface area contributed by atoms with Gasteiger partial charge in [0.15, 0.2) is 28.8 Å². The summed E-state index contributed by atoms with van der Waals surface area (Å²) >= 11 is 0. The Balaban J connectivity index is 1.42. The van der Waals surface area contributed by atoms with E-state index in [0.717, 1.165) is 17.0 Å². The Hall–Kier alpha value is -3.75. The van der Waals surface area contributed by atoms with Gasteiger partial charge in [-0.3, -0.25) is 0 Å². The molecule has 0 spiro atoms. The van der Waals surface area contributed by atoms with Gasteiger partial charge in [-0.05, 0) is 29.8 Å². The molecule has 9 heteroatoms. The Bertz CT molecular complexity index is 982. The third-order valence-electron chi connectivity index (χ3n) is 4.10. The molecule has 2 heterocycles. The van der Waals surface area contributed by atoms with E-state index in [1.54, 1.807) is 20.4 Å². The molecule has 9 nitrogen and oxygen atoms in total. The first-order chi connectivity index (χ1) is 13.7. The van der Waals surface area contributed by atoms with Crippen LogP contribution in [0.5, 0.6) is 23.0 Å². The van der Waals surface area contributed by atoms with Gasteiger partial charge in [0, 0.05) is 18.3 Å². The quantitative estimate of drug-likeness (QED) is 0.640. The molecule has 2 N–H and O–H groups in total. The van der Waals surface area contributed by atoms with E-state index < -0.39 is 0 Å². The first-order valence-corrected chi connectivity index (χ1v) is 8.56. The molecule has 1 aromatic heterocycles. The minimum atomic E-state index is 0.234. The van der Waals surface area contributed by atoms with Crippen molar-refractivity contribution in [1.29, 1.82) is 0 Å². The van der Waals surface area contributed by atoms with Crippen LogP contribution in [0.3, 0.4) is 0 Å². The van der Waals surface area contributed by atoms with Gasteiger partial charge in [-0.1, -0.05) is 6.07 Å². The van der Waals surface area contributed by atoms with Crippen molar-refractivity contribution < 1.29 is 18.9 Å². The monoisotopic (exact) mass is 381 g/mol. The van der Waals surface area contributed by atoms with Crippen molar-refractivity contribution in [2.45, 2.75) is 6.54 Å². The van der Waals surface area contributed by atoms with Crippen LogP contribution in [0, 0.1) is 0 Å². The van der Waals surface area contributed by atoms with Crippen molar-refractivity contribution in [1.82, 2.24) is 15.2 Å². The van der Waals surface area contributed by atoms with Gasteiger partial charge in [0.1, 0.15) is 0 Å². The van der Waals surface area contributed by atoms with E-state index in [-0.39, 0.29) is 6.79 Å². The second kappa shape index (κ2) is 7.87. The minimum Gasteiger partial charge on any atom is -0.493 e. The predicted molar refractivity (Wildman–Crippen MR) is 103 cm³/mol. The SMILES string of the molecule is COc1ccc(CNc2nncc(Nc3ccc4c(c3)OCO4)n2)cc1OC. The third kappa shape index (κ3) is 3.83. The predicted octanol–water partition coefficient (Wildman–Crippen LogP) is 2.97. The van der Waals surface area contributed by atoms with Crippen LogP contribution in [-0.4, -0.2) is 36.2 Å². The lowest BCUT2D eigenvalue weighted by molar-refractivity contribution is 0.174. The first kappa shape index (κ1) is 17.7. The summed E-state index contributed by atoms with van der Waals surface area (Å²) in [5, 5.41) is 14.3. The summed E-state index contributed by atoms with van der Waals surface area (Å²) in [7, 11) is 3.21. The summed E-state index contributed by atoms with van der Waals surface area (Å²) in [5.74, 6) is 3.73. The molecule has 2 aromatic carbocycles. The van der Waals surface area contributed by atoms with E-state index in [9.17, 15) is 0 Å². The fourth-order valence-electron chi connectivity index (χ4n) is 2.73. The summed E-state index contributed by atoms with van der Waals surface area (Å²) in [6.07, 6.45) is 1.55. The summed E-state index contributed by atoms with van der Waals surface area (Å²) in [5.41, 5.74) is 1.81. The van der Waals surface area contributed by atoms with Gasteiger partial charge in [0.2, 0.25) is 12.7 Å². The van der Waals surface area contributed by atoms with Crippen LogP contribution < -0.4 is 29.6 Å². The minimum absolute atomic E-state index is 0.234. The van der Waals surface area contributed by atoms with Gasteiger partial charge in [-0.25, -0.2) is 0 Å². The lowest BCUT2D eigenvalue weighted by atomic mass is 10.2. The molecule has 0 radical (unpaired) electrons. The number of fused-ring (bicyclic) bond motifs is 1. The first-order valence-electron chi connectivity index (χ1n) is 8.56. The number of nitrogens with one attached hydrogen (secondary N) is 2. The van der Waals surface area contributed by atoms with Crippen molar-refractivity contribution in [2.24, 2.45) is 0 Å². The molecule has 0 atom stereocenters. The fraction of sp³-hybridized carbons (Fsp3) is 0.211. The van der Waals surface area contributed by atoms with Crippen LogP contribution in [0.2, 0.25) is 0 Å². The molecule has 144 valence electrons. The standard InChI is InChI=1S/C19H19N5O4/c1-25-14-5-3-12(7-16(14)26-2)9-20-19-23-18(10-21-24-19)22-13-4-6-15-17(8-13)28-11-27-15/h3-8,10H,9,11H2,1-2H3,(H2,20,22,23,24). The van der Waals surface area contributed by atoms with Crippen LogP contribution in [0.1, 0.15) is 5.56 Å². The molecule has 28 heavy (non-hydrogen) atoms. The maximum Gasteiger partial charge on any atom is 0.244 e. The lowest BCUT2D eigenvalue weighted by Crippen LogP contribution is -2.06. The van der Waals surface area contributed by atoms with E-state index in [4.69, 9.17) is 18.9 Å². The summed E-state index contributed by atoms with van der Waals surface area (Å²) < 4.78 is 21.3. The van der Waals surface area contributed by atoms with E-state index in [2.05, 4.69) is 25.8 Å². The smallest absolute Gasteiger partial charge is 0.244 e. The van der Waals surface area contributed by atoms with Crippen molar-refractivity contribution >= 4 is 17.5 Å². The van der Waals surface area contributed by atoms with Crippen LogP contribution in [-0.2, 0) is 6.54 Å². The van der Waals surface area contributed by atoms with Gasteiger partial charge in [0.05, 0.1) is 20.4 Å². The van der Waals surface area contributed by atoms with Crippen molar-refractivity contribution in [3.8, 4) is 23.0 Å². The second-order valence-corrected chi connectivity index (χ2v) is 5.90. The largest absolute Gasteiger partial charge is 0.493 e. The molecule has 1 aliphatic heterocycles. The maximum atomic E-state index is 5.38. The Morgan fingerprint density at radius 2 is 1.86 bits per heavy atom. The van der Waals surface area contributed by atoms with E-state index in [0.29, 0.717) is 35.6 Å². The Morgan fingerprint density at radius 1 is 1.00 bits per heavy atom. The average Bonchev–Trinajstić information content (AvgIpc) is 3.20. The zero-order valence-electron chi connectivity index (χ0n) is 15.4. The van der Waals surface area contributed by atoms with Crippen molar-refractivity contribution in [3.63, 3.8) is 0 Å². The molecule has 0 amide bonds. The number of hydrogen-bond acceptors (Lipinski definition) is 9. The fourth-order valence-corrected chi connectivity index (χ4v) is 2.73. The summed E-state index contributed by atoms with van der Waals surface area (Å²) in [6.45, 7) is 0.744. The summed E-state index contributed by atoms with van der Waals surface area (Å²) in [6, 6.07) is 11.3. The number of benzene rings is 2. The molecule has 0 bridgehead atoms. The van der Waals surface area contributed by atoms with Crippen LogP contribution >= 0.6 is 0 Å². The topological polar surface area (TPSA) is 99.7 Å². The van der Waals surface area contributed by atoms with Crippen molar-refractivity contribution in [3.05, 3.63) is 48.2 Å². The molecule has 1 aliphatic rings. The molecular formula is C19H19N5O4. The van der Waals surface area contributed by atoms with Gasteiger partial charge in [-0.15, -0.1) is 5.10 Å². The van der Waals surface area contributed by atoms with Crippen LogP contribution in [0.25, 0.3) is 0 Å². The van der Waals surface area contributed by atoms with E-state index in [1.165, 1.54) is 0 Å². The van der Waals surface area contributed by atoms with Crippen molar-refractivity contribution in [2.75, 3.05) is 31.6 Å².